The number of likely N-dealkylation sites (tertiary alicyclic amines) is 1. The van der Waals surface area contributed by atoms with Crippen LogP contribution in [0.15, 0.2) is 43.0 Å². The Balaban J connectivity index is 1.60. The third-order valence-corrected chi connectivity index (χ3v) is 4.30. The van der Waals surface area contributed by atoms with Crippen molar-refractivity contribution in [3.8, 4) is 0 Å². The van der Waals surface area contributed by atoms with Crippen LogP contribution in [0.2, 0.25) is 0 Å². The zero-order chi connectivity index (χ0) is 14.9. The van der Waals surface area contributed by atoms with Crippen LogP contribution in [0.4, 0.5) is 0 Å². The SMILES string of the molecule is O=C(c1n[nH]c2ccccc12)N1CCCC(n2ccnc2)C1. The minimum absolute atomic E-state index is 0.00210. The number of para-hydroxylation sites is 1. The highest BCUT2D eigenvalue weighted by Gasteiger charge is 2.27. The third kappa shape index (κ3) is 2.16. The molecule has 1 N–H and O–H groups in total. The number of aromatic nitrogens is 4. The zero-order valence-corrected chi connectivity index (χ0v) is 12.1. The van der Waals surface area contributed by atoms with E-state index < -0.39 is 0 Å². The maximum Gasteiger partial charge on any atom is 0.275 e. The van der Waals surface area contributed by atoms with E-state index in [-0.39, 0.29) is 5.91 Å². The van der Waals surface area contributed by atoms with Gasteiger partial charge in [-0.05, 0) is 18.9 Å². The molecule has 1 amide bonds. The highest BCUT2D eigenvalue weighted by atomic mass is 16.2. The van der Waals surface area contributed by atoms with E-state index in [0.29, 0.717) is 18.3 Å². The Hall–Kier alpha value is -2.63. The standard InChI is InChI=1S/C16H17N5O/c22-16(15-13-5-1-2-6-14(13)18-19-15)20-8-3-4-12(10-20)21-9-7-17-11-21/h1-2,5-7,9,11-12H,3-4,8,10H2,(H,18,19). The van der Waals surface area contributed by atoms with Crippen molar-refractivity contribution in [2.75, 3.05) is 13.1 Å². The van der Waals surface area contributed by atoms with Crippen molar-refractivity contribution < 1.29 is 4.79 Å². The Morgan fingerprint density at radius 1 is 1.32 bits per heavy atom. The number of nitrogens with zero attached hydrogens (tertiary/aromatic N) is 4. The second kappa shape index (κ2) is 5.29. The Kier molecular flexibility index (Phi) is 3.14. The Bertz CT molecular complexity index is 792. The van der Waals surface area contributed by atoms with Gasteiger partial charge in [0, 0.05) is 30.9 Å². The molecule has 22 heavy (non-hydrogen) atoms. The van der Waals surface area contributed by atoms with Crippen LogP contribution < -0.4 is 0 Å². The maximum atomic E-state index is 12.8. The van der Waals surface area contributed by atoms with E-state index >= 15 is 0 Å². The first-order chi connectivity index (χ1) is 10.8. The smallest absolute Gasteiger partial charge is 0.275 e. The molecule has 4 rings (SSSR count). The van der Waals surface area contributed by atoms with Crippen LogP contribution in [0.1, 0.15) is 29.4 Å². The number of nitrogens with one attached hydrogen (secondary N) is 1. The summed E-state index contributed by atoms with van der Waals surface area (Å²) in [5.41, 5.74) is 1.41. The van der Waals surface area contributed by atoms with Crippen LogP contribution in [0, 0.1) is 0 Å². The van der Waals surface area contributed by atoms with E-state index in [1.165, 1.54) is 0 Å². The summed E-state index contributed by atoms with van der Waals surface area (Å²) >= 11 is 0. The summed E-state index contributed by atoms with van der Waals surface area (Å²) in [6, 6.07) is 8.03. The number of carbonyl (C=O) groups excluding carboxylic acids is 1. The van der Waals surface area contributed by atoms with Gasteiger partial charge in [0.1, 0.15) is 0 Å². The number of imidazole rings is 1. The average molecular weight is 295 g/mol. The molecule has 1 unspecified atom stereocenters. The lowest BCUT2D eigenvalue weighted by Crippen LogP contribution is -2.40. The fourth-order valence-electron chi connectivity index (χ4n) is 3.14. The Morgan fingerprint density at radius 2 is 2.23 bits per heavy atom. The molecule has 1 atom stereocenters. The Labute approximate surface area is 127 Å². The van der Waals surface area contributed by atoms with Gasteiger partial charge in [0.15, 0.2) is 5.69 Å². The average Bonchev–Trinajstić information content (AvgIpc) is 3.24. The molecule has 6 heteroatoms. The summed E-state index contributed by atoms with van der Waals surface area (Å²) in [4.78, 5) is 18.8. The van der Waals surface area contributed by atoms with E-state index in [1.54, 1.807) is 6.20 Å². The number of rotatable bonds is 2. The van der Waals surface area contributed by atoms with Gasteiger partial charge in [-0.2, -0.15) is 5.10 Å². The molecule has 0 aliphatic carbocycles. The van der Waals surface area contributed by atoms with Crippen molar-refractivity contribution in [3.63, 3.8) is 0 Å². The highest BCUT2D eigenvalue weighted by molar-refractivity contribution is 6.04. The van der Waals surface area contributed by atoms with E-state index in [1.807, 2.05) is 41.7 Å². The lowest BCUT2D eigenvalue weighted by molar-refractivity contribution is 0.0675. The molecule has 1 saturated heterocycles. The molecular weight excluding hydrogens is 278 g/mol. The Morgan fingerprint density at radius 3 is 3.09 bits per heavy atom. The second-order valence-corrected chi connectivity index (χ2v) is 5.67. The summed E-state index contributed by atoms with van der Waals surface area (Å²) in [6.07, 6.45) is 7.63. The normalized spacial score (nSPS) is 18.7. The minimum Gasteiger partial charge on any atom is -0.335 e. The summed E-state index contributed by atoms with van der Waals surface area (Å²) in [6.45, 7) is 1.49. The fraction of sp³-hybridized carbons (Fsp3) is 0.312. The number of benzene rings is 1. The molecular formula is C16H17N5O. The maximum absolute atomic E-state index is 12.8. The summed E-state index contributed by atoms with van der Waals surface area (Å²) in [5, 5.41) is 8.04. The summed E-state index contributed by atoms with van der Waals surface area (Å²) in [7, 11) is 0. The molecule has 1 aromatic carbocycles. The van der Waals surface area contributed by atoms with Crippen molar-refractivity contribution in [2.24, 2.45) is 0 Å². The third-order valence-electron chi connectivity index (χ3n) is 4.30. The van der Waals surface area contributed by atoms with Crippen molar-refractivity contribution in [3.05, 3.63) is 48.7 Å². The lowest BCUT2D eigenvalue weighted by atomic mass is 10.0. The molecule has 0 bridgehead atoms. The van der Waals surface area contributed by atoms with E-state index in [9.17, 15) is 4.79 Å². The topological polar surface area (TPSA) is 66.8 Å². The van der Waals surface area contributed by atoms with Crippen molar-refractivity contribution in [2.45, 2.75) is 18.9 Å². The monoisotopic (exact) mass is 295 g/mol. The van der Waals surface area contributed by atoms with Gasteiger partial charge in [-0.1, -0.05) is 18.2 Å². The van der Waals surface area contributed by atoms with Crippen molar-refractivity contribution >= 4 is 16.8 Å². The van der Waals surface area contributed by atoms with Crippen LogP contribution in [0.5, 0.6) is 0 Å². The molecule has 0 spiro atoms. The molecule has 1 aliphatic rings. The number of carbonyl (C=O) groups is 1. The first-order valence-electron chi connectivity index (χ1n) is 7.53. The van der Waals surface area contributed by atoms with Crippen molar-refractivity contribution in [1.29, 1.82) is 0 Å². The summed E-state index contributed by atoms with van der Waals surface area (Å²) < 4.78 is 2.09. The number of hydrogen-bond acceptors (Lipinski definition) is 3. The molecule has 3 aromatic rings. The molecule has 6 nitrogen and oxygen atoms in total. The second-order valence-electron chi connectivity index (χ2n) is 5.67. The molecule has 0 radical (unpaired) electrons. The van der Waals surface area contributed by atoms with Gasteiger partial charge in [0.25, 0.3) is 5.91 Å². The van der Waals surface area contributed by atoms with E-state index in [2.05, 4.69) is 19.7 Å². The van der Waals surface area contributed by atoms with Gasteiger partial charge in [-0.15, -0.1) is 0 Å². The molecule has 112 valence electrons. The van der Waals surface area contributed by atoms with E-state index in [4.69, 9.17) is 0 Å². The molecule has 0 saturated carbocycles. The van der Waals surface area contributed by atoms with Crippen LogP contribution in [0.3, 0.4) is 0 Å². The first kappa shape index (κ1) is 13.1. The number of amides is 1. The van der Waals surface area contributed by atoms with Gasteiger partial charge < -0.3 is 9.47 Å². The quantitative estimate of drug-likeness (QED) is 0.788. The van der Waals surface area contributed by atoms with Gasteiger partial charge in [0.05, 0.1) is 17.9 Å². The molecule has 1 fully saturated rings. The predicted molar refractivity (Wildman–Crippen MR) is 82.5 cm³/mol. The van der Waals surface area contributed by atoms with Crippen LogP contribution in [-0.4, -0.2) is 43.6 Å². The number of piperidine rings is 1. The largest absolute Gasteiger partial charge is 0.335 e. The van der Waals surface area contributed by atoms with Crippen LogP contribution in [-0.2, 0) is 0 Å². The highest BCUT2D eigenvalue weighted by Crippen LogP contribution is 2.24. The van der Waals surface area contributed by atoms with Crippen LogP contribution in [0.25, 0.3) is 10.9 Å². The predicted octanol–water partition coefficient (Wildman–Crippen LogP) is 2.24. The van der Waals surface area contributed by atoms with E-state index in [0.717, 1.165) is 30.3 Å². The lowest BCUT2D eigenvalue weighted by Gasteiger charge is -2.33. The number of hydrogen-bond donors (Lipinski definition) is 1. The number of H-pyrrole nitrogens is 1. The van der Waals surface area contributed by atoms with Crippen molar-refractivity contribution in [1.82, 2.24) is 24.6 Å². The molecule has 3 heterocycles. The van der Waals surface area contributed by atoms with Gasteiger partial charge in [-0.3, -0.25) is 9.89 Å². The number of aromatic amines is 1. The number of fused-ring (bicyclic) bond motifs is 1. The zero-order valence-electron chi connectivity index (χ0n) is 12.1. The molecule has 1 aliphatic heterocycles. The van der Waals surface area contributed by atoms with Gasteiger partial charge in [-0.25, -0.2) is 4.98 Å². The van der Waals surface area contributed by atoms with Crippen LogP contribution >= 0.6 is 0 Å². The van der Waals surface area contributed by atoms with Gasteiger partial charge >= 0.3 is 0 Å². The molecule has 2 aromatic heterocycles. The first-order valence-corrected chi connectivity index (χ1v) is 7.53. The van der Waals surface area contributed by atoms with Gasteiger partial charge in [0.2, 0.25) is 0 Å². The fourth-order valence-corrected chi connectivity index (χ4v) is 3.14. The summed E-state index contributed by atoms with van der Waals surface area (Å²) in [5.74, 6) is 0.00210. The minimum atomic E-state index is 0.00210.